The fraction of sp³-hybridized carbons (Fsp3) is 0.250. The van der Waals surface area contributed by atoms with Crippen molar-refractivity contribution in [2.24, 2.45) is 0 Å². The van der Waals surface area contributed by atoms with Gasteiger partial charge in [-0.2, -0.15) is 0 Å². The van der Waals surface area contributed by atoms with Crippen molar-refractivity contribution >= 4 is 39.0 Å². The predicted molar refractivity (Wildman–Crippen MR) is 128 cm³/mol. The fourth-order valence-electron chi connectivity index (χ4n) is 4.18. The molecule has 0 saturated heterocycles. The van der Waals surface area contributed by atoms with Crippen LogP contribution < -0.4 is 10.3 Å². The molecule has 9 nitrogen and oxygen atoms in total. The summed E-state index contributed by atoms with van der Waals surface area (Å²) in [6.45, 7) is 5.84. The van der Waals surface area contributed by atoms with Crippen molar-refractivity contribution in [2.45, 2.75) is 39.7 Å². The number of non-ortho nitro benzene ring substituents is 1. The number of aryl methyl sites for hydroxylation is 3. The van der Waals surface area contributed by atoms with Crippen LogP contribution in [0.2, 0.25) is 0 Å². The first-order chi connectivity index (χ1) is 16.3. The Morgan fingerprint density at radius 3 is 2.50 bits per heavy atom. The minimum atomic E-state index is -0.840. The first-order valence-electron chi connectivity index (χ1n) is 10.8. The Hall–Kier alpha value is -3.92. The Bertz CT molecular complexity index is 1520. The second kappa shape index (κ2) is 8.14. The van der Waals surface area contributed by atoms with Crippen LogP contribution in [-0.4, -0.2) is 21.0 Å². The van der Waals surface area contributed by atoms with E-state index in [0.717, 1.165) is 22.6 Å². The zero-order valence-corrected chi connectivity index (χ0v) is 19.5. The number of amides is 1. The Morgan fingerprint density at radius 1 is 1.12 bits per heavy atom. The molecule has 34 heavy (non-hydrogen) atoms. The summed E-state index contributed by atoms with van der Waals surface area (Å²) in [6.07, 6.45) is 1.59. The number of rotatable bonds is 5. The van der Waals surface area contributed by atoms with Gasteiger partial charge < -0.3 is 4.42 Å². The minimum Gasteiger partial charge on any atom is -0.450 e. The second-order valence-corrected chi connectivity index (χ2v) is 9.30. The minimum absolute atomic E-state index is 0.0450. The second-order valence-electron chi connectivity index (χ2n) is 8.26. The van der Waals surface area contributed by atoms with E-state index in [2.05, 4.69) is 10.2 Å². The summed E-state index contributed by atoms with van der Waals surface area (Å²) in [4.78, 5) is 39.4. The van der Waals surface area contributed by atoms with Gasteiger partial charge in [0.25, 0.3) is 11.6 Å². The van der Waals surface area contributed by atoms with Crippen molar-refractivity contribution in [3.63, 3.8) is 0 Å². The van der Waals surface area contributed by atoms with Crippen molar-refractivity contribution in [2.75, 3.05) is 4.90 Å². The van der Waals surface area contributed by atoms with Gasteiger partial charge in [0, 0.05) is 18.6 Å². The molecular formula is C24H20N4O5S. The average molecular weight is 477 g/mol. The summed E-state index contributed by atoms with van der Waals surface area (Å²) in [5, 5.41) is 21.1. The number of hydrogen-bond acceptors (Lipinski definition) is 8. The molecule has 1 amide bonds. The highest BCUT2D eigenvalue weighted by molar-refractivity contribution is 7.15. The molecule has 3 heterocycles. The van der Waals surface area contributed by atoms with E-state index in [-0.39, 0.29) is 22.4 Å². The van der Waals surface area contributed by atoms with E-state index in [0.29, 0.717) is 28.1 Å². The average Bonchev–Trinajstić information content (AvgIpc) is 3.38. The molecule has 5 rings (SSSR count). The molecule has 0 spiro atoms. The van der Waals surface area contributed by atoms with E-state index in [1.807, 2.05) is 20.8 Å². The quantitative estimate of drug-likeness (QED) is 0.298. The Balaban J connectivity index is 1.76. The number of nitrogens with zero attached hydrogens (tertiary/aromatic N) is 4. The van der Waals surface area contributed by atoms with Crippen LogP contribution in [0.4, 0.5) is 10.8 Å². The lowest BCUT2D eigenvalue weighted by molar-refractivity contribution is -0.384. The Morgan fingerprint density at radius 2 is 1.82 bits per heavy atom. The number of carbonyl (C=O) groups excluding carboxylic acids is 1. The van der Waals surface area contributed by atoms with Gasteiger partial charge in [0.05, 0.1) is 21.9 Å². The Kier molecular flexibility index (Phi) is 5.24. The highest BCUT2D eigenvalue weighted by Gasteiger charge is 2.45. The lowest BCUT2D eigenvalue weighted by Gasteiger charge is -2.21. The van der Waals surface area contributed by atoms with E-state index >= 15 is 0 Å². The van der Waals surface area contributed by atoms with Gasteiger partial charge in [-0.3, -0.25) is 24.6 Å². The molecule has 0 aliphatic carbocycles. The van der Waals surface area contributed by atoms with Gasteiger partial charge in [-0.05, 0) is 61.2 Å². The van der Waals surface area contributed by atoms with E-state index in [1.54, 1.807) is 24.3 Å². The molecule has 2 aromatic carbocycles. The van der Waals surface area contributed by atoms with Crippen molar-refractivity contribution in [3.05, 3.63) is 89.8 Å². The van der Waals surface area contributed by atoms with Crippen LogP contribution in [0, 0.1) is 24.0 Å². The molecule has 1 unspecified atom stereocenters. The number of benzene rings is 2. The molecule has 0 radical (unpaired) electrons. The highest BCUT2D eigenvalue weighted by Crippen LogP contribution is 2.42. The lowest BCUT2D eigenvalue weighted by Crippen LogP contribution is -2.29. The predicted octanol–water partition coefficient (Wildman–Crippen LogP) is 4.87. The number of fused-ring (bicyclic) bond motifs is 2. The molecular weight excluding hydrogens is 456 g/mol. The topological polar surface area (TPSA) is 119 Å². The first-order valence-corrected chi connectivity index (χ1v) is 11.6. The van der Waals surface area contributed by atoms with Crippen LogP contribution in [0.15, 0.2) is 45.6 Å². The standard InChI is InChI=1S/C24H20N4O5S/c1-4-5-18-25-26-24(34-18)27-20(14-6-8-15(9-7-14)28(31)32)19-21(29)16-10-12(2)13(3)11-17(16)33-22(19)23(27)30/h6-11,20H,4-5H2,1-3H3. The van der Waals surface area contributed by atoms with Gasteiger partial charge in [-0.25, -0.2) is 0 Å². The number of anilines is 1. The Labute approximate surface area is 197 Å². The number of carbonyl (C=O) groups is 1. The largest absolute Gasteiger partial charge is 0.450 e. The van der Waals surface area contributed by atoms with Crippen molar-refractivity contribution in [3.8, 4) is 0 Å². The van der Waals surface area contributed by atoms with Crippen LogP contribution in [0.25, 0.3) is 11.0 Å². The fourth-order valence-corrected chi connectivity index (χ4v) is 5.14. The van der Waals surface area contributed by atoms with Crippen molar-refractivity contribution < 1.29 is 14.1 Å². The molecule has 1 atom stereocenters. The van der Waals surface area contributed by atoms with E-state index < -0.39 is 16.9 Å². The third kappa shape index (κ3) is 3.38. The summed E-state index contributed by atoms with van der Waals surface area (Å²) in [5.74, 6) is -0.536. The van der Waals surface area contributed by atoms with E-state index in [1.165, 1.54) is 28.4 Å². The summed E-state index contributed by atoms with van der Waals surface area (Å²) in [5.41, 5.74) is 2.56. The monoisotopic (exact) mass is 476 g/mol. The van der Waals surface area contributed by atoms with Gasteiger partial charge in [-0.15, -0.1) is 10.2 Å². The van der Waals surface area contributed by atoms with Gasteiger partial charge in [0.2, 0.25) is 10.9 Å². The van der Waals surface area contributed by atoms with Gasteiger partial charge in [0.1, 0.15) is 10.6 Å². The third-order valence-corrected chi connectivity index (χ3v) is 7.01. The van der Waals surface area contributed by atoms with Gasteiger partial charge >= 0.3 is 0 Å². The number of aromatic nitrogens is 2. The van der Waals surface area contributed by atoms with E-state index in [4.69, 9.17) is 4.42 Å². The van der Waals surface area contributed by atoms with E-state index in [9.17, 15) is 19.7 Å². The van der Waals surface area contributed by atoms with Crippen LogP contribution >= 0.6 is 11.3 Å². The van der Waals surface area contributed by atoms with Crippen LogP contribution in [0.3, 0.4) is 0 Å². The molecule has 0 fully saturated rings. The molecule has 0 saturated carbocycles. The molecule has 1 aliphatic rings. The number of hydrogen-bond donors (Lipinski definition) is 0. The molecule has 0 bridgehead atoms. The highest BCUT2D eigenvalue weighted by atomic mass is 32.1. The van der Waals surface area contributed by atoms with Gasteiger partial charge in [0.15, 0.2) is 5.43 Å². The SMILES string of the molecule is CCCc1nnc(N2C(=O)c3oc4cc(C)c(C)cc4c(=O)c3C2c2ccc([N+](=O)[O-])cc2)s1. The summed E-state index contributed by atoms with van der Waals surface area (Å²) in [6, 6.07) is 8.50. The van der Waals surface area contributed by atoms with Crippen LogP contribution in [0.1, 0.15) is 57.2 Å². The molecule has 10 heteroatoms. The van der Waals surface area contributed by atoms with Gasteiger partial charge in [-0.1, -0.05) is 18.3 Å². The smallest absolute Gasteiger partial charge is 0.297 e. The summed E-state index contributed by atoms with van der Waals surface area (Å²) >= 11 is 1.28. The summed E-state index contributed by atoms with van der Waals surface area (Å²) in [7, 11) is 0. The molecule has 0 N–H and O–H groups in total. The van der Waals surface area contributed by atoms with Crippen molar-refractivity contribution in [1.82, 2.24) is 10.2 Å². The number of nitro benzene ring substituents is 1. The lowest BCUT2D eigenvalue weighted by atomic mass is 9.97. The normalized spacial score (nSPS) is 15.2. The summed E-state index contributed by atoms with van der Waals surface area (Å²) < 4.78 is 6.01. The van der Waals surface area contributed by atoms with Crippen LogP contribution in [-0.2, 0) is 6.42 Å². The first kappa shape index (κ1) is 21.9. The maximum absolute atomic E-state index is 13.7. The molecule has 4 aromatic rings. The maximum atomic E-state index is 13.7. The zero-order chi connectivity index (χ0) is 24.1. The molecule has 2 aromatic heterocycles. The zero-order valence-electron chi connectivity index (χ0n) is 18.7. The van der Waals surface area contributed by atoms with Crippen molar-refractivity contribution in [1.29, 1.82) is 0 Å². The maximum Gasteiger partial charge on any atom is 0.297 e. The van der Waals surface area contributed by atoms with Crippen LogP contribution in [0.5, 0.6) is 0 Å². The molecule has 172 valence electrons. The molecule has 1 aliphatic heterocycles. The third-order valence-electron chi connectivity index (χ3n) is 6.03. The number of nitro groups is 1.